The number of nitrogens with zero attached hydrogens (tertiary/aromatic N) is 1. The summed E-state index contributed by atoms with van der Waals surface area (Å²) in [5.41, 5.74) is -0.620. The number of allylic oxidation sites excluding steroid dienone is 5. The van der Waals surface area contributed by atoms with Crippen molar-refractivity contribution >= 4 is 27.5 Å². The lowest BCUT2D eigenvalue weighted by molar-refractivity contribution is -0.422. The maximum Gasteiger partial charge on any atom is 0.307 e. The smallest absolute Gasteiger partial charge is 0.258 e. The summed E-state index contributed by atoms with van der Waals surface area (Å²) in [7, 11) is 0. The minimum absolute atomic E-state index is 0.155. The molecule has 1 aliphatic rings. The molecular formula is C7H4BrClFNO2. The Morgan fingerprint density at radius 3 is 2.85 bits per heavy atom. The van der Waals surface area contributed by atoms with E-state index in [1.807, 2.05) is 0 Å². The number of halogens is 3. The summed E-state index contributed by atoms with van der Waals surface area (Å²) in [6.07, 6.45) is 2.80. The molecule has 0 aromatic carbocycles. The molecule has 0 aromatic heterocycles. The highest BCUT2D eigenvalue weighted by Crippen LogP contribution is 2.29. The number of nitro groups is 1. The van der Waals surface area contributed by atoms with Crippen molar-refractivity contribution in [3.05, 3.63) is 43.3 Å². The van der Waals surface area contributed by atoms with Crippen LogP contribution in [-0.4, -0.2) is 4.92 Å². The SMILES string of the molecule is O=[N+]([O-])C1=CC(Br)=CCC(Cl)=C1F. The van der Waals surface area contributed by atoms with E-state index < -0.39 is 16.4 Å². The van der Waals surface area contributed by atoms with E-state index in [2.05, 4.69) is 15.9 Å². The zero-order valence-corrected chi connectivity index (χ0v) is 8.60. The molecule has 0 radical (unpaired) electrons. The van der Waals surface area contributed by atoms with Gasteiger partial charge in [0.05, 0.1) is 9.96 Å². The lowest BCUT2D eigenvalue weighted by Crippen LogP contribution is -1.99. The topological polar surface area (TPSA) is 43.1 Å². The van der Waals surface area contributed by atoms with E-state index in [1.54, 1.807) is 6.08 Å². The molecule has 0 aromatic rings. The van der Waals surface area contributed by atoms with Gasteiger partial charge in [0.25, 0.3) is 0 Å². The van der Waals surface area contributed by atoms with Crippen molar-refractivity contribution < 1.29 is 9.31 Å². The molecule has 1 aliphatic carbocycles. The van der Waals surface area contributed by atoms with Gasteiger partial charge in [-0.3, -0.25) is 10.1 Å². The Hall–Kier alpha value is -0.680. The Bertz CT molecular complexity index is 348. The first-order chi connectivity index (χ1) is 6.02. The fraction of sp³-hybridized carbons (Fsp3) is 0.143. The van der Waals surface area contributed by atoms with Gasteiger partial charge in [0.1, 0.15) is 0 Å². The highest BCUT2D eigenvalue weighted by atomic mass is 79.9. The third kappa shape index (κ3) is 2.38. The van der Waals surface area contributed by atoms with Gasteiger partial charge in [-0.15, -0.1) is 0 Å². The van der Waals surface area contributed by atoms with E-state index in [4.69, 9.17) is 11.6 Å². The lowest BCUT2D eigenvalue weighted by Gasteiger charge is -1.94. The molecule has 0 bridgehead atoms. The Morgan fingerprint density at radius 2 is 2.31 bits per heavy atom. The summed E-state index contributed by atoms with van der Waals surface area (Å²) in [5.74, 6) is -0.975. The standard InChI is InChI=1S/C7H4BrClFNO2/c8-4-1-2-5(9)7(10)6(3-4)11(12)13/h1,3H,2H2. The van der Waals surface area contributed by atoms with Crippen LogP contribution in [0.4, 0.5) is 4.39 Å². The summed E-state index contributed by atoms with van der Waals surface area (Å²) in [6.45, 7) is 0. The Kier molecular flexibility index (Phi) is 3.22. The maximum atomic E-state index is 13.1. The quantitative estimate of drug-likeness (QED) is 0.541. The second-order valence-electron chi connectivity index (χ2n) is 2.30. The third-order valence-electron chi connectivity index (χ3n) is 1.41. The summed E-state index contributed by atoms with van der Waals surface area (Å²) >= 11 is 8.50. The highest BCUT2D eigenvalue weighted by molar-refractivity contribution is 9.11. The van der Waals surface area contributed by atoms with Gasteiger partial charge >= 0.3 is 5.70 Å². The highest BCUT2D eigenvalue weighted by Gasteiger charge is 2.23. The van der Waals surface area contributed by atoms with Gasteiger partial charge in [-0.2, -0.15) is 4.39 Å². The van der Waals surface area contributed by atoms with Crippen LogP contribution in [0.5, 0.6) is 0 Å². The van der Waals surface area contributed by atoms with Gasteiger partial charge < -0.3 is 0 Å². The second kappa shape index (κ2) is 4.02. The fourth-order valence-electron chi connectivity index (χ4n) is 0.801. The maximum absolute atomic E-state index is 13.1. The van der Waals surface area contributed by atoms with Crippen molar-refractivity contribution in [1.82, 2.24) is 0 Å². The molecule has 6 heteroatoms. The molecule has 3 nitrogen and oxygen atoms in total. The van der Waals surface area contributed by atoms with Gasteiger partial charge in [-0.05, 0) is 0 Å². The molecule has 0 heterocycles. The normalized spacial score (nSPS) is 17.8. The molecule has 0 atom stereocenters. The van der Waals surface area contributed by atoms with E-state index in [1.165, 1.54) is 0 Å². The van der Waals surface area contributed by atoms with E-state index >= 15 is 0 Å². The predicted octanol–water partition coefficient (Wildman–Crippen LogP) is 3.25. The Balaban J connectivity index is 3.20. The van der Waals surface area contributed by atoms with Crippen LogP contribution < -0.4 is 0 Å². The summed E-state index contributed by atoms with van der Waals surface area (Å²) in [5, 5.41) is 10.2. The van der Waals surface area contributed by atoms with Gasteiger partial charge in [0.2, 0.25) is 5.83 Å². The van der Waals surface area contributed by atoms with Gasteiger partial charge in [0.15, 0.2) is 0 Å². The van der Waals surface area contributed by atoms with Crippen LogP contribution in [0.2, 0.25) is 0 Å². The van der Waals surface area contributed by atoms with Gasteiger partial charge in [-0.25, -0.2) is 0 Å². The van der Waals surface area contributed by atoms with E-state index in [9.17, 15) is 14.5 Å². The van der Waals surface area contributed by atoms with Crippen LogP contribution in [0, 0.1) is 10.1 Å². The zero-order chi connectivity index (χ0) is 10.0. The molecule has 0 aliphatic heterocycles. The molecular weight excluding hydrogens is 264 g/mol. The van der Waals surface area contributed by atoms with Crippen molar-refractivity contribution in [2.75, 3.05) is 0 Å². The number of rotatable bonds is 1. The first-order valence-electron chi connectivity index (χ1n) is 3.28. The van der Waals surface area contributed by atoms with Gasteiger partial charge in [-0.1, -0.05) is 33.6 Å². The van der Waals surface area contributed by atoms with Crippen LogP contribution in [0.3, 0.4) is 0 Å². The molecule has 0 saturated heterocycles. The van der Waals surface area contributed by atoms with E-state index in [0.29, 0.717) is 4.48 Å². The average molecular weight is 268 g/mol. The Labute approximate surface area is 86.8 Å². The molecule has 0 saturated carbocycles. The molecule has 70 valence electrons. The molecule has 0 N–H and O–H groups in total. The monoisotopic (exact) mass is 267 g/mol. The van der Waals surface area contributed by atoms with Crippen molar-refractivity contribution in [2.45, 2.75) is 6.42 Å². The van der Waals surface area contributed by atoms with Crippen LogP contribution in [0.1, 0.15) is 6.42 Å². The molecule has 0 fully saturated rings. The average Bonchev–Trinajstić information content (AvgIpc) is 2.18. The second-order valence-corrected chi connectivity index (χ2v) is 3.67. The van der Waals surface area contributed by atoms with Crippen LogP contribution >= 0.6 is 27.5 Å². The predicted molar refractivity (Wildman–Crippen MR) is 50.7 cm³/mol. The Morgan fingerprint density at radius 1 is 1.69 bits per heavy atom. The first-order valence-corrected chi connectivity index (χ1v) is 4.45. The number of hydrogen-bond acceptors (Lipinski definition) is 2. The summed E-state index contributed by atoms with van der Waals surface area (Å²) < 4.78 is 13.6. The van der Waals surface area contributed by atoms with Crippen molar-refractivity contribution in [3.8, 4) is 0 Å². The van der Waals surface area contributed by atoms with Crippen LogP contribution in [-0.2, 0) is 0 Å². The first kappa shape index (κ1) is 10.4. The van der Waals surface area contributed by atoms with E-state index in [0.717, 1.165) is 6.08 Å². The summed E-state index contributed by atoms with van der Waals surface area (Å²) in [4.78, 5) is 9.56. The fourth-order valence-corrected chi connectivity index (χ4v) is 1.35. The van der Waals surface area contributed by atoms with Crippen LogP contribution in [0.25, 0.3) is 0 Å². The van der Waals surface area contributed by atoms with Crippen molar-refractivity contribution in [2.24, 2.45) is 0 Å². The van der Waals surface area contributed by atoms with Crippen molar-refractivity contribution in [3.63, 3.8) is 0 Å². The zero-order valence-electron chi connectivity index (χ0n) is 6.26. The van der Waals surface area contributed by atoms with E-state index in [-0.39, 0.29) is 11.5 Å². The number of hydrogen-bond donors (Lipinski definition) is 0. The molecule has 1 rings (SSSR count). The van der Waals surface area contributed by atoms with Crippen molar-refractivity contribution in [1.29, 1.82) is 0 Å². The minimum atomic E-state index is -0.975. The van der Waals surface area contributed by atoms with Crippen LogP contribution in [0.15, 0.2) is 33.2 Å². The molecule has 0 spiro atoms. The largest absolute Gasteiger partial charge is 0.307 e. The van der Waals surface area contributed by atoms with Gasteiger partial charge in [0, 0.05) is 17.0 Å². The minimum Gasteiger partial charge on any atom is -0.258 e. The lowest BCUT2D eigenvalue weighted by atomic mass is 10.3. The third-order valence-corrected chi connectivity index (χ3v) is 2.28. The summed E-state index contributed by atoms with van der Waals surface area (Å²) in [6, 6.07) is 0. The molecule has 0 unspecified atom stereocenters. The molecule has 13 heavy (non-hydrogen) atoms. The molecule has 0 amide bonds.